The number of rotatable bonds is 8. The molecular formula is C24H32O10. The Labute approximate surface area is 198 Å². The molecule has 1 aromatic carbocycles. The molecule has 1 unspecified atom stereocenters. The van der Waals surface area contributed by atoms with Gasteiger partial charge in [0.05, 0.1) is 0 Å². The number of ether oxygens (including phenoxy) is 6. The van der Waals surface area contributed by atoms with E-state index in [-0.39, 0.29) is 12.5 Å². The Kier molecular flexibility index (Phi) is 9.43. The van der Waals surface area contributed by atoms with Gasteiger partial charge in [-0.1, -0.05) is 26.0 Å². The first-order valence-electron chi connectivity index (χ1n) is 11.0. The maximum Gasteiger partial charge on any atom is 0.303 e. The molecule has 0 aromatic heterocycles. The van der Waals surface area contributed by atoms with E-state index in [2.05, 4.69) is 0 Å². The average Bonchev–Trinajstić information content (AvgIpc) is 2.69. The smallest absolute Gasteiger partial charge is 0.303 e. The number of carbonyl (C=O) groups excluding carboxylic acids is 4. The molecule has 0 radical (unpaired) electrons. The van der Waals surface area contributed by atoms with Crippen molar-refractivity contribution in [3.05, 3.63) is 29.3 Å². The number of esters is 4. The molecule has 1 aliphatic heterocycles. The van der Waals surface area contributed by atoms with E-state index >= 15 is 0 Å². The van der Waals surface area contributed by atoms with Crippen LogP contribution in [0.5, 0.6) is 5.75 Å². The van der Waals surface area contributed by atoms with Gasteiger partial charge in [0, 0.05) is 27.7 Å². The molecule has 1 aliphatic rings. The van der Waals surface area contributed by atoms with Crippen molar-refractivity contribution in [1.82, 2.24) is 0 Å². The summed E-state index contributed by atoms with van der Waals surface area (Å²) in [7, 11) is 0. The van der Waals surface area contributed by atoms with E-state index in [4.69, 9.17) is 28.4 Å². The Morgan fingerprint density at radius 1 is 0.853 bits per heavy atom. The van der Waals surface area contributed by atoms with Crippen LogP contribution in [0.3, 0.4) is 0 Å². The summed E-state index contributed by atoms with van der Waals surface area (Å²) >= 11 is 0. The molecule has 2 rings (SSSR count). The molecule has 0 bridgehead atoms. The van der Waals surface area contributed by atoms with Crippen LogP contribution in [0.1, 0.15) is 58.6 Å². The van der Waals surface area contributed by atoms with E-state index in [0.717, 1.165) is 11.1 Å². The molecule has 1 aromatic rings. The lowest BCUT2D eigenvalue weighted by Gasteiger charge is -2.44. The largest absolute Gasteiger partial charge is 0.463 e. The van der Waals surface area contributed by atoms with Gasteiger partial charge in [-0.3, -0.25) is 19.2 Å². The third-order valence-corrected chi connectivity index (χ3v) is 4.98. The summed E-state index contributed by atoms with van der Waals surface area (Å²) in [6, 6.07) is 5.67. The first-order valence-corrected chi connectivity index (χ1v) is 11.0. The Hall–Kier alpha value is -3.14. The van der Waals surface area contributed by atoms with Crippen LogP contribution in [-0.4, -0.2) is 61.2 Å². The van der Waals surface area contributed by atoms with E-state index in [9.17, 15) is 19.2 Å². The molecule has 1 heterocycles. The molecule has 5 atom stereocenters. The summed E-state index contributed by atoms with van der Waals surface area (Å²) in [6.45, 7) is 10.3. The minimum Gasteiger partial charge on any atom is -0.463 e. The summed E-state index contributed by atoms with van der Waals surface area (Å²) < 4.78 is 33.5. The predicted molar refractivity (Wildman–Crippen MR) is 118 cm³/mol. The van der Waals surface area contributed by atoms with Gasteiger partial charge in [-0.2, -0.15) is 0 Å². The third-order valence-electron chi connectivity index (χ3n) is 4.98. The lowest BCUT2D eigenvalue weighted by Crippen LogP contribution is -2.63. The van der Waals surface area contributed by atoms with Gasteiger partial charge < -0.3 is 28.4 Å². The molecule has 188 valence electrons. The first-order chi connectivity index (χ1) is 15.9. The Morgan fingerprint density at radius 3 is 1.94 bits per heavy atom. The highest BCUT2D eigenvalue weighted by Crippen LogP contribution is 2.34. The summed E-state index contributed by atoms with van der Waals surface area (Å²) in [5, 5.41) is 0. The van der Waals surface area contributed by atoms with Crippen molar-refractivity contribution >= 4 is 23.9 Å². The normalized spacial score (nSPS) is 24.2. The van der Waals surface area contributed by atoms with Crippen LogP contribution in [-0.2, 0) is 42.9 Å². The van der Waals surface area contributed by atoms with Crippen molar-refractivity contribution < 1.29 is 47.6 Å². The monoisotopic (exact) mass is 480 g/mol. The minimum absolute atomic E-state index is 0.0984. The zero-order chi connectivity index (χ0) is 25.6. The van der Waals surface area contributed by atoms with Gasteiger partial charge in [-0.05, 0) is 30.0 Å². The number of hydrogen-bond donors (Lipinski definition) is 0. The van der Waals surface area contributed by atoms with Crippen molar-refractivity contribution in [2.45, 2.75) is 85.1 Å². The minimum atomic E-state index is -1.28. The molecule has 10 nitrogen and oxygen atoms in total. The molecule has 0 saturated carbocycles. The number of carbonyl (C=O) groups is 4. The summed E-state index contributed by atoms with van der Waals surface area (Å²) in [5.74, 6) is -2.09. The maximum atomic E-state index is 11.9. The van der Waals surface area contributed by atoms with Gasteiger partial charge in [0.1, 0.15) is 18.5 Å². The zero-order valence-electron chi connectivity index (χ0n) is 20.5. The second-order valence-corrected chi connectivity index (χ2v) is 8.38. The van der Waals surface area contributed by atoms with Crippen molar-refractivity contribution in [2.24, 2.45) is 0 Å². The Balaban J connectivity index is 2.54. The molecular weight excluding hydrogens is 448 g/mol. The molecule has 0 aliphatic carbocycles. The standard InChI is InChI=1S/C24H32O10/c1-12(2)18-9-8-13(3)10-19(18)33-24-23(32-17(7)28)22(31-16(6)27)21(30-15(5)26)20(34-24)11-29-14(4)25/h8-10,12,20-24H,11H2,1-7H3/t20-,21-,22+,23-,24?/m1/s1. The average molecular weight is 481 g/mol. The van der Waals surface area contributed by atoms with Crippen LogP contribution in [0.25, 0.3) is 0 Å². The second-order valence-electron chi connectivity index (χ2n) is 8.38. The Bertz CT molecular complexity index is 909. The lowest BCUT2D eigenvalue weighted by atomic mass is 9.97. The fourth-order valence-electron chi connectivity index (χ4n) is 3.63. The van der Waals surface area contributed by atoms with Gasteiger partial charge in [-0.25, -0.2) is 0 Å². The van der Waals surface area contributed by atoms with Gasteiger partial charge in [0.2, 0.25) is 12.4 Å². The molecule has 0 N–H and O–H groups in total. The maximum absolute atomic E-state index is 11.9. The Morgan fingerprint density at radius 2 is 1.41 bits per heavy atom. The molecule has 1 saturated heterocycles. The van der Waals surface area contributed by atoms with Gasteiger partial charge in [-0.15, -0.1) is 0 Å². The van der Waals surface area contributed by atoms with Gasteiger partial charge in [0.25, 0.3) is 0 Å². The molecule has 10 heteroatoms. The molecule has 0 amide bonds. The highest BCUT2D eigenvalue weighted by Gasteiger charge is 2.53. The number of hydrogen-bond acceptors (Lipinski definition) is 10. The van der Waals surface area contributed by atoms with Crippen LogP contribution >= 0.6 is 0 Å². The molecule has 1 fully saturated rings. The van der Waals surface area contributed by atoms with Crippen molar-refractivity contribution in [1.29, 1.82) is 0 Å². The van der Waals surface area contributed by atoms with Crippen molar-refractivity contribution in [3.8, 4) is 5.75 Å². The third kappa shape index (κ3) is 7.44. The van der Waals surface area contributed by atoms with E-state index in [1.54, 1.807) is 0 Å². The van der Waals surface area contributed by atoms with Crippen LogP contribution in [0, 0.1) is 6.92 Å². The second kappa shape index (κ2) is 11.8. The van der Waals surface area contributed by atoms with Crippen molar-refractivity contribution in [3.63, 3.8) is 0 Å². The SMILES string of the molecule is CC(=O)OC[C@H]1OC(Oc2cc(C)ccc2C(C)C)[C@H](OC(C)=O)[C@@H](OC(C)=O)[C@@H]1OC(C)=O. The summed E-state index contributed by atoms with van der Waals surface area (Å²) in [4.78, 5) is 47.1. The van der Waals surface area contributed by atoms with E-state index in [0.29, 0.717) is 5.75 Å². The molecule has 0 spiro atoms. The van der Waals surface area contributed by atoms with Crippen LogP contribution in [0.4, 0.5) is 0 Å². The van der Waals surface area contributed by atoms with Gasteiger partial charge in [0.15, 0.2) is 12.2 Å². The fraction of sp³-hybridized carbons (Fsp3) is 0.583. The lowest BCUT2D eigenvalue weighted by molar-refractivity contribution is -0.288. The van der Waals surface area contributed by atoms with E-state index < -0.39 is 54.6 Å². The van der Waals surface area contributed by atoms with Crippen LogP contribution in [0.15, 0.2) is 18.2 Å². The first kappa shape index (κ1) is 27.1. The van der Waals surface area contributed by atoms with Gasteiger partial charge >= 0.3 is 23.9 Å². The topological polar surface area (TPSA) is 124 Å². The number of benzene rings is 1. The summed E-state index contributed by atoms with van der Waals surface area (Å²) in [5.41, 5.74) is 1.79. The van der Waals surface area contributed by atoms with E-state index in [1.807, 2.05) is 39.0 Å². The summed E-state index contributed by atoms with van der Waals surface area (Å²) in [6.07, 6.45) is -6.12. The predicted octanol–water partition coefficient (Wildman–Crippen LogP) is 2.58. The zero-order valence-corrected chi connectivity index (χ0v) is 20.5. The van der Waals surface area contributed by atoms with Crippen LogP contribution < -0.4 is 4.74 Å². The van der Waals surface area contributed by atoms with Crippen molar-refractivity contribution in [2.75, 3.05) is 6.61 Å². The molecule has 34 heavy (non-hydrogen) atoms. The van der Waals surface area contributed by atoms with Crippen LogP contribution in [0.2, 0.25) is 0 Å². The van der Waals surface area contributed by atoms with E-state index in [1.165, 1.54) is 27.7 Å². The number of aryl methyl sites for hydroxylation is 1. The quantitative estimate of drug-likeness (QED) is 0.405. The highest BCUT2D eigenvalue weighted by atomic mass is 16.7. The highest BCUT2D eigenvalue weighted by molar-refractivity contribution is 5.68. The fourth-order valence-corrected chi connectivity index (χ4v) is 3.63.